The second kappa shape index (κ2) is 3.79. The standard InChI is InChI=1S/C11H18N4O2S/c1-11(2)9-6-12-5-8(9)7-15(11)18(16,17)10-3-4-13-14-10/h3-4,8-9,12H,5-7H2,1-2H3,(H,13,14). The average molecular weight is 270 g/mol. The Bertz CT molecular complexity index is 537. The first-order valence-electron chi connectivity index (χ1n) is 6.17. The Hall–Kier alpha value is -0.920. The first-order chi connectivity index (χ1) is 8.44. The fourth-order valence-corrected chi connectivity index (χ4v) is 5.08. The number of sulfonamides is 1. The van der Waals surface area contributed by atoms with Crippen molar-refractivity contribution >= 4 is 10.0 Å². The smallest absolute Gasteiger partial charge is 0.260 e. The first kappa shape index (κ1) is 12.1. The van der Waals surface area contributed by atoms with Gasteiger partial charge in [-0.1, -0.05) is 0 Å². The van der Waals surface area contributed by atoms with Gasteiger partial charge in [-0.2, -0.15) is 9.40 Å². The molecule has 2 N–H and O–H groups in total. The van der Waals surface area contributed by atoms with Gasteiger partial charge in [0, 0.05) is 18.6 Å². The van der Waals surface area contributed by atoms with Gasteiger partial charge in [0.25, 0.3) is 10.0 Å². The number of aromatic nitrogens is 2. The van der Waals surface area contributed by atoms with Crippen LogP contribution in [0.4, 0.5) is 0 Å². The lowest BCUT2D eigenvalue weighted by atomic mass is 9.85. The van der Waals surface area contributed by atoms with Crippen LogP contribution in [0.2, 0.25) is 0 Å². The summed E-state index contributed by atoms with van der Waals surface area (Å²) in [5.74, 6) is 0.799. The molecule has 1 aromatic heterocycles. The lowest BCUT2D eigenvalue weighted by Gasteiger charge is -2.34. The van der Waals surface area contributed by atoms with Crippen LogP contribution < -0.4 is 5.32 Å². The summed E-state index contributed by atoms with van der Waals surface area (Å²) in [5, 5.41) is 9.83. The van der Waals surface area contributed by atoms with Crippen molar-refractivity contribution in [2.24, 2.45) is 11.8 Å². The summed E-state index contributed by atoms with van der Waals surface area (Å²) in [4.78, 5) is 0. The molecule has 1 aromatic rings. The monoisotopic (exact) mass is 270 g/mol. The molecule has 18 heavy (non-hydrogen) atoms. The highest BCUT2D eigenvalue weighted by Gasteiger charge is 2.54. The van der Waals surface area contributed by atoms with E-state index in [-0.39, 0.29) is 10.6 Å². The minimum atomic E-state index is -3.46. The number of hydrogen-bond donors (Lipinski definition) is 2. The number of H-pyrrole nitrogens is 1. The lowest BCUT2D eigenvalue weighted by Crippen LogP contribution is -2.47. The highest BCUT2D eigenvalue weighted by molar-refractivity contribution is 7.89. The van der Waals surface area contributed by atoms with E-state index in [0.717, 1.165) is 13.1 Å². The summed E-state index contributed by atoms with van der Waals surface area (Å²) < 4.78 is 26.8. The van der Waals surface area contributed by atoms with E-state index in [1.54, 1.807) is 4.31 Å². The number of rotatable bonds is 2. The van der Waals surface area contributed by atoms with E-state index in [9.17, 15) is 8.42 Å². The first-order valence-corrected chi connectivity index (χ1v) is 7.61. The van der Waals surface area contributed by atoms with Crippen LogP contribution in [0, 0.1) is 11.8 Å². The summed E-state index contributed by atoms with van der Waals surface area (Å²) >= 11 is 0. The zero-order valence-electron chi connectivity index (χ0n) is 10.5. The maximum atomic E-state index is 12.6. The molecule has 2 fully saturated rings. The molecular formula is C11H18N4O2S. The molecule has 0 radical (unpaired) electrons. The van der Waals surface area contributed by atoms with Gasteiger partial charge in [-0.3, -0.25) is 5.10 Å². The van der Waals surface area contributed by atoms with Crippen molar-refractivity contribution in [3.8, 4) is 0 Å². The lowest BCUT2D eigenvalue weighted by molar-refractivity contribution is 0.233. The summed E-state index contributed by atoms with van der Waals surface area (Å²) in [6, 6.07) is 1.51. The average Bonchev–Trinajstić information content (AvgIpc) is 2.97. The molecule has 3 heterocycles. The van der Waals surface area contributed by atoms with E-state index < -0.39 is 10.0 Å². The number of fused-ring (bicyclic) bond motifs is 1. The van der Waals surface area contributed by atoms with Gasteiger partial charge in [-0.15, -0.1) is 0 Å². The fourth-order valence-electron chi connectivity index (χ4n) is 3.30. The van der Waals surface area contributed by atoms with E-state index in [1.807, 2.05) is 13.8 Å². The maximum absolute atomic E-state index is 12.6. The van der Waals surface area contributed by atoms with E-state index in [0.29, 0.717) is 18.4 Å². The highest BCUT2D eigenvalue weighted by Crippen LogP contribution is 2.43. The van der Waals surface area contributed by atoms with Gasteiger partial charge in [0.05, 0.1) is 6.20 Å². The van der Waals surface area contributed by atoms with E-state index in [4.69, 9.17) is 0 Å². The molecule has 6 nitrogen and oxygen atoms in total. The van der Waals surface area contributed by atoms with Gasteiger partial charge in [0.2, 0.25) is 0 Å². The Morgan fingerprint density at radius 3 is 2.83 bits per heavy atom. The molecular weight excluding hydrogens is 252 g/mol. The topological polar surface area (TPSA) is 78.1 Å². The van der Waals surface area contributed by atoms with Crippen LogP contribution >= 0.6 is 0 Å². The molecule has 2 aliphatic heterocycles. The van der Waals surface area contributed by atoms with Crippen LogP contribution in [0.5, 0.6) is 0 Å². The molecule has 3 rings (SSSR count). The predicted octanol–water partition coefficient (Wildman–Crippen LogP) is 0.0282. The Balaban J connectivity index is 1.99. The second-order valence-corrected chi connectivity index (χ2v) is 7.47. The molecule has 2 saturated heterocycles. The van der Waals surface area contributed by atoms with Crippen LogP contribution in [-0.2, 0) is 10.0 Å². The van der Waals surface area contributed by atoms with Crippen molar-refractivity contribution in [2.75, 3.05) is 19.6 Å². The summed E-state index contributed by atoms with van der Waals surface area (Å²) in [6.45, 7) is 6.42. The Morgan fingerprint density at radius 1 is 1.44 bits per heavy atom. The molecule has 2 unspecified atom stereocenters. The maximum Gasteiger partial charge on any atom is 0.260 e. The van der Waals surface area contributed by atoms with Gasteiger partial charge in [-0.25, -0.2) is 8.42 Å². The molecule has 0 amide bonds. The van der Waals surface area contributed by atoms with E-state index in [2.05, 4.69) is 15.5 Å². The molecule has 0 bridgehead atoms. The van der Waals surface area contributed by atoms with Gasteiger partial charge in [-0.05, 0) is 38.3 Å². The summed E-state index contributed by atoms with van der Waals surface area (Å²) in [6.07, 6.45) is 1.47. The summed E-state index contributed by atoms with van der Waals surface area (Å²) in [7, 11) is -3.46. The number of nitrogens with one attached hydrogen (secondary N) is 2. The molecule has 2 atom stereocenters. The van der Waals surface area contributed by atoms with Crippen molar-refractivity contribution in [1.29, 1.82) is 0 Å². The van der Waals surface area contributed by atoms with Crippen molar-refractivity contribution in [3.63, 3.8) is 0 Å². The molecule has 0 saturated carbocycles. The highest BCUT2D eigenvalue weighted by atomic mass is 32.2. The molecule has 0 spiro atoms. The third-order valence-corrected chi connectivity index (χ3v) is 6.32. The quantitative estimate of drug-likeness (QED) is 0.794. The normalized spacial score (nSPS) is 31.7. The zero-order valence-corrected chi connectivity index (χ0v) is 11.4. The fraction of sp³-hybridized carbons (Fsp3) is 0.727. The van der Waals surface area contributed by atoms with Gasteiger partial charge < -0.3 is 5.32 Å². The number of hydrogen-bond acceptors (Lipinski definition) is 4. The minimum absolute atomic E-state index is 0.184. The van der Waals surface area contributed by atoms with Crippen molar-refractivity contribution in [1.82, 2.24) is 19.8 Å². The zero-order chi connectivity index (χ0) is 13.0. The SMILES string of the molecule is CC1(C)C2CNCC2CN1S(=O)(=O)c1ccn[nH]1. The van der Waals surface area contributed by atoms with Crippen LogP contribution in [-0.4, -0.2) is 48.1 Å². The van der Waals surface area contributed by atoms with Crippen molar-refractivity contribution in [3.05, 3.63) is 12.3 Å². The van der Waals surface area contributed by atoms with Crippen LogP contribution in [0.25, 0.3) is 0 Å². The van der Waals surface area contributed by atoms with Crippen molar-refractivity contribution < 1.29 is 8.42 Å². The molecule has 7 heteroatoms. The largest absolute Gasteiger partial charge is 0.316 e. The number of aromatic amines is 1. The van der Waals surface area contributed by atoms with Crippen molar-refractivity contribution in [2.45, 2.75) is 24.4 Å². The molecule has 0 aromatic carbocycles. The van der Waals surface area contributed by atoms with Gasteiger partial charge in [0.1, 0.15) is 0 Å². The van der Waals surface area contributed by atoms with Crippen LogP contribution in [0.15, 0.2) is 17.3 Å². The third kappa shape index (κ3) is 1.54. The van der Waals surface area contributed by atoms with Crippen LogP contribution in [0.3, 0.4) is 0 Å². The van der Waals surface area contributed by atoms with Gasteiger partial charge in [0.15, 0.2) is 5.03 Å². The molecule has 0 aliphatic carbocycles. The second-order valence-electron chi connectivity index (χ2n) is 5.64. The minimum Gasteiger partial charge on any atom is -0.316 e. The third-order valence-electron chi connectivity index (χ3n) is 4.33. The predicted molar refractivity (Wildman–Crippen MR) is 66.4 cm³/mol. The van der Waals surface area contributed by atoms with Crippen LogP contribution in [0.1, 0.15) is 13.8 Å². The summed E-state index contributed by atoms with van der Waals surface area (Å²) in [5.41, 5.74) is -0.349. The number of nitrogens with zero attached hydrogens (tertiary/aromatic N) is 2. The van der Waals surface area contributed by atoms with E-state index in [1.165, 1.54) is 12.3 Å². The van der Waals surface area contributed by atoms with E-state index >= 15 is 0 Å². The Morgan fingerprint density at radius 2 is 2.22 bits per heavy atom. The Labute approximate surface area is 107 Å². The Kier molecular flexibility index (Phi) is 2.55. The van der Waals surface area contributed by atoms with Gasteiger partial charge >= 0.3 is 0 Å². The molecule has 2 aliphatic rings. The molecule has 100 valence electrons.